The molecule has 0 radical (unpaired) electrons. The largest absolute Gasteiger partial charge is 0.379 e. The topological polar surface area (TPSA) is 70.7 Å². The van der Waals surface area contributed by atoms with E-state index in [1.165, 1.54) is 4.88 Å². The second kappa shape index (κ2) is 9.76. The van der Waals surface area contributed by atoms with Crippen molar-refractivity contribution in [3.63, 3.8) is 0 Å². The van der Waals surface area contributed by atoms with Crippen LogP contribution < -0.4 is 10.6 Å². The standard InChI is InChI=1S/C17H27N3O3S/c1-13(2)23-9-4-6-18-16(21)11-15-17(22)19-7-8-20(15)12-14-5-3-10-24-14/h3,5,10,13,15H,4,6-9,11-12H2,1-2H3,(H,18,21)(H,19,22). The third-order valence-corrected chi connectivity index (χ3v) is 4.72. The molecule has 2 heterocycles. The molecule has 1 unspecified atom stereocenters. The maximum Gasteiger partial charge on any atom is 0.237 e. The van der Waals surface area contributed by atoms with Crippen molar-refractivity contribution in [3.05, 3.63) is 22.4 Å². The molecule has 2 N–H and O–H groups in total. The number of nitrogens with one attached hydrogen (secondary N) is 2. The molecule has 0 aromatic carbocycles. The summed E-state index contributed by atoms with van der Waals surface area (Å²) in [4.78, 5) is 27.6. The average molecular weight is 353 g/mol. The van der Waals surface area contributed by atoms with E-state index in [1.807, 2.05) is 25.3 Å². The predicted octanol–water partition coefficient (Wildman–Crippen LogP) is 1.37. The summed E-state index contributed by atoms with van der Waals surface area (Å²) < 4.78 is 5.44. The minimum atomic E-state index is -0.396. The van der Waals surface area contributed by atoms with Gasteiger partial charge in [0, 0.05) is 37.7 Å². The number of rotatable bonds is 9. The second-order valence-corrected chi connectivity index (χ2v) is 7.22. The van der Waals surface area contributed by atoms with Gasteiger partial charge in [-0.1, -0.05) is 6.07 Å². The fourth-order valence-corrected chi connectivity index (χ4v) is 3.37. The van der Waals surface area contributed by atoms with E-state index in [4.69, 9.17) is 4.74 Å². The van der Waals surface area contributed by atoms with Crippen molar-refractivity contribution < 1.29 is 14.3 Å². The Morgan fingerprint density at radius 1 is 1.54 bits per heavy atom. The van der Waals surface area contributed by atoms with Crippen molar-refractivity contribution in [2.45, 2.75) is 45.4 Å². The third-order valence-electron chi connectivity index (χ3n) is 3.85. The molecule has 1 fully saturated rings. The van der Waals surface area contributed by atoms with Gasteiger partial charge in [0.2, 0.25) is 11.8 Å². The fraction of sp³-hybridized carbons (Fsp3) is 0.647. The number of nitrogens with zero attached hydrogens (tertiary/aromatic N) is 1. The Bertz CT molecular complexity index is 519. The highest BCUT2D eigenvalue weighted by Crippen LogP contribution is 2.17. The van der Waals surface area contributed by atoms with Crippen LogP contribution in [0.1, 0.15) is 31.6 Å². The van der Waals surface area contributed by atoms with Gasteiger partial charge in [0.25, 0.3) is 0 Å². The number of thiophene rings is 1. The van der Waals surface area contributed by atoms with Crippen LogP contribution in [0.4, 0.5) is 0 Å². The molecule has 0 saturated carbocycles. The molecule has 1 atom stereocenters. The summed E-state index contributed by atoms with van der Waals surface area (Å²) in [6.45, 7) is 7.30. The number of carbonyl (C=O) groups excluding carboxylic acids is 2. The molecule has 0 bridgehead atoms. The van der Waals surface area contributed by atoms with Crippen LogP contribution in [0, 0.1) is 0 Å². The average Bonchev–Trinajstić information content (AvgIpc) is 3.03. The van der Waals surface area contributed by atoms with Crippen LogP contribution in [0.3, 0.4) is 0 Å². The van der Waals surface area contributed by atoms with E-state index in [1.54, 1.807) is 11.3 Å². The van der Waals surface area contributed by atoms with E-state index in [9.17, 15) is 9.59 Å². The Morgan fingerprint density at radius 3 is 3.08 bits per heavy atom. The normalized spacial score (nSPS) is 18.6. The van der Waals surface area contributed by atoms with Crippen molar-refractivity contribution in [3.8, 4) is 0 Å². The first-order chi connectivity index (χ1) is 11.6. The van der Waals surface area contributed by atoms with Crippen molar-refractivity contribution >= 4 is 23.2 Å². The number of piperazine rings is 1. The lowest BCUT2D eigenvalue weighted by atomic mass is 10.1. The third kappa shape index (κ3) is 6.22. The zero-order valence-corrected chi connectivity index (χ0v) is 15.2. The van der Waals surface area contributed by atoms with E-state index < -0.39 is 6.04 Å². The van der Waals surface area contributed by atoms with Gasteiger partial charge in [0.15, 0.2) is 0 Å². The number of ether oxygens (including phenoxy) is 1. The lowest BCUT2D eigenvalue weighted by Crippen LogP contribution is -2.56. The molecule has 2 rings (SSSR count). The minimum absolute atomic E-state index is 0.0592. The highest BCUT2D eigenvalue weighted by Gasteiger charge is 2.31. The lowest BCUT2D eigenvalue weighted by Gasteiger charge is -2.34. The summed E-state index contributed by atoms with van der Waals surface area (Å²) in [5.41, 5.74) is 0. The van der Waals surface area contributed by atoms with Crippen LogP contribution in [0.15, 0.2) is 17.5 Å². The molecule has 0 spiro atoms. The van der Waals surface area contributed by atoms with Gasteiger partial charge in [-0.3, -0.25) is 14.5 Å². The molecule has 7 heteroatoms. The molecule has 0 aliphatic carbocycles. The lowest BCUT2D eigenvalue weighted by molar-refractivity contribution is -0.134. The summed E-state index contributed by atoms with van der Waals surface area (Å²) in [5, 5.41) is 7.77. The van der Waals surface area contributed by atoms with E-state index in [0.717, 1.165) is 13.0 Å². The van der Waals surface area contributed by atoms with Crippen molar-refractivity contribution in [1.82, 2.24) is 15.5 Å². The van der Waals surface area contributed by atoms with E-state index >= 15 is 0 Å². The Kier molecular flexibility index (Phi) is 7.68. The fourth-order valence-electron chi connectivity index (χ4n) is 2.64. The zero-order valence-electron chi connectivity index (χ0n) is 14.4. The van der Waals surface area contributed by atoms with Crippen LogP contribution in [0.5, 0.6) is 0 Å². The second-order valence-electron chi connectivity index (χ2n) is 6.18. The Hall–Kier alpha value is -1.44. The van der Waals surface area contributed by atoms with Gasteiger partial charge in [-0.2, -0.15) is 0 Å². The first kappa shape index (κ1) is 18.9. The summed E-state index contributed by atoms with van der Waals surface area (Å²) in [7, 11) is 0. The highest BCUT2D eigenvalue weighted by atomic mass is 32.1. The van der Waals surface area contributed by atoms with E-state index in [-0.39, 0.29) is 24.3 Å². The maximum absolute atomic E-state index is 12.2. The van der Waals surface area contributed by atoms with Crippen LogP contribution >= 0.6 is 11.3 Å². The number of hydrogen-bond acceptors (Lipinski definition) is 5. The summed E-state index contributed by atoms with van der Waals surface area (Å²) in [5.74, 6) is -0.145. The first-order valence-electron chi connectivity index (χ1n) is 8.48. The molecule has 1 aromatic rings. The molecule has 134 valence electrons. The van der Waals surface area contributed by atoms with Gasteiger partial charge in [0.1, 0.15) is 0 Å². The quantitative estimate of drug-likeness (QED) is 0.658. The van der Waals surface area contributed by atoms with Crippen LogP contribution in [0.25, 0.3) is 0 Å². The summed E-state index contributed by atoms with van der Waals surface area (Å²) >= 11 is 1.67. The molecule has 24 heavy (non-hydrogen) atoms. The molecular formula is C17H27N3O3S. The smallest absolute Gasteiger partial charge is 0.237 e. The van der Waals surface area contributed by atoms with Gasteiger partial charge < -0.3 is 15.4 Å². The molecule has 2 amide bonds. The molecule has 6 nitrogen and oxygen atoms in total. The Balaban J connectivity index is 1.78. The molecule has 1 saturated heterocycles. The Morgan fingerprint density at radius 2 is 2.38 bits per heavy atom. The molecular weight excluding hydrogens is 326 g/mol. The number of hydrogen-bond donors (Lipinski definition) is 2. The van der Waals surface area contributed by atoms with Crippen LogP contribution in [-0.2, 0) is 20.9 Å². The molecule has 1 aliphatic rings. The van der Waals surface area contributed by atoms with E-state index in [2.05, 4.69) is 21.6 Å². The van der Waals surface area contributed by atoms with Gasteiger partial charge in [-0.25, -0.2) is 0 Å². The number of amides is 2. The van der Waals surface area contributed by atoms with Crippen molar-refractivity contribution in [2.24, 2.45) is 0 Å². The predicted molar refractivity (Wildman–Crippen MR) is 94.9 cm³/mol. The van der Waals surface area contributed by atoms with Gasteiger partial charge >= 0.3 is 0 Å². The number of carbonyl (C=O) groups is 2. The SMILES string of the molecule is CC(C)OCCCNC(=O)CC1C(=O)NCCN1Cc1cccs1. The zero-order chi connectivity index (χ0) is 17.4. The Labute approximate surface area is 147 Å². The van der Waals surface area contributed by atoms with Crippen LogP contribution in [0.2, 0.25) is 0 Å². The molecule has 1 aliphatic heterocycles. The van der Waals surface area contributed by atoms with Crippen molar-refractivity contribution in [1.29, 1.82) is 0 Å². The molecule has 1 aromatic heterocycles. The van der Waals surface area contributed by atoms with Crippen molar-refractivity contribution in [2.75, 3.05) is 26.2 Å². The monoisotopic (exact) mass is 353 g/mol. The first-order valence-corrected chi connectivity index (χ1v) is 9.36. The summed E-state index contributed by atoms with van der Waals surface area (Å²) in [6.07, 6.45) is 1.18. The van der Waals surface area contributed by atoms with Gasteiger partial charge in [-0.05, 0) is 31.7 Å². The van der Waals surface area contributed by atoms with Gasteiger partial charge in [0.05, 0.1) is 18.6 Å². The van der Waals surface area contributed by atoms with Gasteiger partial charge in [-0.15, -0.1) is 11.3 Å². The van der Waals surface area contributed by atoms with Crippen LogP contribution in [-0.4, -0.2) is 55.1 Å². The highest BCUT2D eigenvalue weighted by molar-refractivity contribution is 7.09. The maximum atomic E-state index is 12.2. The summed E-state index contributed by atoms with van der Waals surface area (Å²) in [6, 6.07) is 3.67. The van der Waals surface area contributed by atoms with E-state index in [0.29, 0.717) is 26.2 Å². The minimum Gasteiger partial charge on any atom is -0.379 e.